The number of rotatable bonds is 2. The molecule has 0 aliphatic carbocycles. The summed E-state index contributed by atoms with van der Waals surface area (Å²) in [7, 11) is 0. The van der Waals surface area contributed by atoms with E-state index >= 15 is 0 Å². The van der Waals surface area contributed by atoms with Crippen LogP contribution >= 0.6 is 0 Å². The van der Waals surface area contributed by atoms with E-state index in [1.165, 1.54) is 0 Å². The average Bonchev–Trinajstić information content (AvgIpc) is 2.74. The molecule has 0 radical (unpaired) electrons. The van der Waals surface area contributed by atoms with Crippen LogP contribution in [0.15, 0.2) is 15.5 Å². The molecule has 2 rings (SSSR count). The van der Waals surface area contributed by atoms with Crippen LogP contribution in [0.3, 0.4) is 0 Å². The lowest BCUT2D eigenvalue weighted by molar-refractivity contribution is -0.390. The van der Waals surface area contributed by atoms with Crippen LogP contribution in [0.2, 0.25) is 0 Å². The fourth-order valence-electron chi connectivity index (χ4n) is 0.720. The van der Waals surface area contributed by atoms with Gasteiger partial charge >= 0.3 is 5.82 Å². The second kappa shape index (κ2) is 2.62. The Balaban J connectivity index is 2.52. The Morgan fingerprint density at radius 1 is 1.38 bits per heavy atom. The predicted molar refractivity (Wildman–Crippen MR) is 34.2 cm³/mol. The fraction of sp³-hybridized carbons (Fsp3) is 0. The van der Waals surface area contributed by atoms with Crippen molar-refractivity contribution in [1.29, 1.82) is 0 Å². The van der Waals surface area contributed by atoms with Crippen molar-refractivity contribution in [3.8, 4) is 11.5 Å². The molecule has 66 valence electrons. The predicted octanol–water partition coefficient (Wildman–Crippen LogP) is 0.0278. The van der Waals surface area contributed by atoms with Gasteiger partial charge in [0.2, 0.25) is 12.2 Å². The van der Waals surface area contributed by atoms with E-state index in [9.17, 15) is 10.1 Å². The maximum Gasteiger partial charge on any atom is 0.446 e. The van der Waals surface area contributed by atoms with Crippen molar-refractivity contribution in [3.05, 3.63) is 16.5 Å². The molecule has 0 saturated carbocycles. The summed E-state index contributed by atoms with van der Waals surface area (Å²) in [5.74, 6) is -0.575. The number of hydrogen-bond acceptors (Lipinski definition) is 8. The molecule has 0 aliphatic rings. The van der Waals surface area contributed by atoms with Crippen LogP contribution in [-0.2, 0) is 0 Å². The molecular formula is C4HN5O4. The Labute approximate surface area is 69.5 Å². The summed E-state index contributed by atoms with van der Waals surface area (Å²) in [6, 6.07) is 0. The number of hydrogen-bond donors (Lipinski definition) is 0. The van der Waals surface area contributed by atoms with Gasteiger partial charge in [0.1, 0.15) is 0 Å². The molecule has 0 unspecified atom stereocenters. The molecule has 0 bridgehead atoms. The second-order valence-electron chi connectivity index (χ2n) is 1.95. The second-order valence-corrected chi connectivity index (χ2v) is 1.95. The minimum atomic E-state index is -0.748. The topological polar surface area (TPSA) is 121 Å². The summed E-state index contributed by atoms with van der Waals surface area (Å²) in [5.41, 5.74) is -0.154. The molecular weight excluding hydrogens is 182 g/mol. The molecule has 2 heterocycles. The Morgan fingerprint density at radius 3 is 2.85 bits per heavy atom. The molecule has 9 nitrogen and oxygen atoms in total. The van der Waals surface area contributed by atoms with Crippen LogP contribution < -0.4 is 0 Å². The standard InChI is InChI=1S/C4HN5O4/c10-9(11)4-2(6-13-8-4)3-5-1-12-7-3/h1H. The summed E-state index contributed by atoms with van der Waals surface area (Å²) in [5, 5.41) is 20.0. The molecule has 0 saturated heterocycles. The maximum atomic E-state index is 10.3. The van der Waals surface area contributed by atoms with E-state index in [0.29, 0.717) is 0 Å². The third-order valence-electron chi connectivity index (χ3n) is 1.22. The van der Waals surface area contributed by atoms with Crippen molar-refractivity contribution in [2.45, 2.75) is 0 Å². The van der Waals surface area contributed by atoms with Crippen molar-refractivity contribution in [2.75, 3.05) is 0 Å². The zero-order valence-corrected chi connectivity index (χ0v) is 5.95. The van der Waals surface area contributed by atoms with E-state index in [1.54, 1.807) is 0 Å². The van der Waals surface area contributed by atoms with Gasteiger partial charge in [-0.05, 0) is 10.1 Å². The first kappa shape index (κ1) is 7.34. The van der Waals surface area contributed by atoms with Crippen molar-refractivity contribution in [2.24, 2.45) is 0 Å². The molecule has 2 aromatic heterocycles. The highest BCUT2D eigenvalue weighted by Crippen LogP contribution is 2.21. The van der Waals surface area contributed by atoms with Crippen molar-refractivity contribution in [3.63, 3.8) is 0 Å². The van der Waals surface area contributed by atoms with E-state index < -0.39 is 10.7 Å². The van der Waals surface area contributed by atoms with E-state index in [-0.39, 0.29) is 11.5 Å². The van der Waals surface area contributed by atoms with E-state index in [4.69, 9.17) is 0 Å². The molecule has 0 aromatic carbocycles. The zero-order chi connectivity index (χ0) is 9.26. The van der Waals surface area contributed by atoms with Gasteiger partial charge in [-0.2, -0.15) is 4.98 Å². The highest BCUT2D eigenvalue weighted by atomic mass is 16.6. The van der Waals surface area contributed by atoms with Crippen LogP contribution in [0.4, 0.5) is 5.82 Å². The molecule has 0 amide bonds. The lowest BCUT2D eigenvalue weighted by atomic mass is 10.4. The number of nitro groups is 1. The van der Waals surface area contributed by atoms with Gasteiger partial charge < -0.3 is 14.6 Å². The molecule has 9 heteroatoms. The van der Waals surface area contributed by atoms with Crippen LogP contribution in [0.1, 0.15) is 0 Å². The normalized spacial score (nSPS) is 10.2. The van der Waals surface area contributed by atoms with Gasteiger partial charge in [0, 0.05) is 0 Å². The summed E-state index contributed by atoms with van der Waals surface area (Å²) in [6.07, 6.45) is 1.02. The first-order valence-corrected chi connectivity index (χ1v) is 3.02. The lowest BCUT2D eigenvalue weighted by Gasteiger charge is -1.85. The van der Waals surface area contributed by atoms with Gasteiger partial charge in [-0.25, -0.2) is 0 Å². The summed E-state index contributed by atoms with van der Waals surface area (Å²) >= 11 is 0. The SMILES string of the molecule is O=[N+]([O-])c1nonc1-c1ncon1. The monoisotopic (exact) mass is 183 g/mol. The Hall–Kier alpha value is -2.32. The quantitative estimate of drug-likeness (QED) is 0.472. The molecule has 13 heavy (non-hydrogen) atoms. The van der Waals surface area contributed by atoms with Gasteiger partial charge in [-0.1, -0.05) is 5.16 Å². The highest BCUT2D eigenvalue weighted by Gasteiger charge is 2.26. The summed E-state index contributed by atoms with van der Waals surface area (Å²) < 4.78 is 8.55. The van der Waals surface area contributed by atoms with E-state index in [2.05, 4.69) is 29.6 Å². The number of nitrogens with zero attached hydrogens (tertiary/aromatic N) is 5. The van der Waals surface area contributed by atoms with Crippen LogP contribution in [0.25, 0.3) is 11.5 Å². The van der Waals surface area contributed by atoms with Crippen LogP contribution in [0.5, 0.6) is 0 Å². The Kier molecular flexibility index (Phi) is 1.48. The Bertz CT molecular complexity index is 419. The smallest absolute Gasteiger partial charge is 0.358 e. The zero-order valence-electron chi connectivity index (χ0n) is 5.95. The number of aromatic nitrogens is 4. The molecule has 0 atom stereocenters. The summed E-state index contributed by atoms with van der Waals surface area (Å²) in [6.45, 7) is 0. The first-order valence-electron chi connectivity index (χ1n) is 3.02. The lowest BCUT2D eigenvalue weighted by Crippen LogP contribution is -1.91. The highest BCUT2D eigenvalue weighted by molar-refractivity contribution is 5.57. The van der Waals surface area contributed by atoms with Crippen molar-refractivity contribution >= 4 is 5.82 Å². The largest absolute Gasteiger partial charge is 0.446 e. The molecule has 0 spiro atoms. The van der Waals surface area contributed by atoms with E-state index in [1.807, 2.05) is 0 Å². The third kappa shape index (κ3) is 1.11. The van der Waals surface area contributed by atoms with Gasteiger partial charge in [0.05, 0.1) is 0 Å². The minimum absolute atomic E-state index is 0.0343. The minimum Gasteiger partial charge on any atom is -0.358 e. The van der Waals surface area contributed by atoms with Gasteiger partial charge in [0.15, 0.2) is 5.16 Å². The molecule has 2 aromatic rings. The third-order valence-corrected chi connectivity index (χ3v) is 1.22. The van der Waals surface area contributed by atoms with Crippen LogP contribution in [-0.4, -0.2) is 25.4 Å². The van der Waals surface area contributed by atoms with Crippen molar-refractivity contribution in [1.82, 2.24) is 20.5 Å². The molecule has 0 N–H and O–H groups in total. The maximum absolute atomic E-state index is 10.3. The van der Waals surface area contributed by atoms with Gasteiger partial charge in [-0.15, -0.1) is 4.63 Å². The molecule has 0 fully saturated rings. The van der Waals surface area contributed by atoms with Gasteiger partial charge in [-0.3, -0.25) is 0 Å². The fourth-order valence-corrected chi connectivity index (χ4v) is 0.720. The van der Waals surface area contributed by atoms with Crippen LogP contribution in [0, 0.1) is 10.1 Å². The van der Waals surface area contributed by atoms with Gasteiger partial charge in [0.25, 0.3) is 5.69 Å². The Morgan fingerprint density at radius 2 is 2.23 bits per heavy atom. The van der Waals surface area contributed by atoms with E-state index in [0.717, 1.165) is 6.39 Å². The summed E-state index contributed by atoms with van der Waals surface area (Å²) in [4.78, 5) is 13.1. The first-order chi connectivity index (χ1) is 6.29. The average molecular weight is 183 g/mol. The van der Waals surface area contributed by atoms with Crippen molar-refractivity contribution < 1.29 is 14.1 Å². The molecule has 0 aliphatic heterocycles.